The molecular formula is C8H6N4O4. The molecular weight excluding hydrogens is 216 g/mol. The summed E-state index contributed by atoms with van der Waals surface area (Å²) in [6.45, 7) is 0. The van der Waals surface area contributed by atoms with Crippen LogP contribution in [0.1, 0.15) is 10.5 Å². The van der Waals surface area contributed by atoms with Crippen LogP contribution in [0.2, 0.25) is 0 Å². The first-order valence-corrected chi connectivity index (χ1v) is 4.17. The molecule has 0 saturated heterocycles. The lowest BCUT2D eigenvalue weighted by atomic mass is 10.4. The highest BCUT2D eigenvalue weighted by Gasteiger charge is 2.23. The molecule has 8 nitrogen and oxygen atoms in total. The van der Waals surface area contributed by atoms with Gasteiger partial charge < -0.3 is 8.94 Å². The highest BCUT2D eigenvalue weighted by Crippen LogP contribution is 2.10. The second-order valence-corrected chi connectivity index (χ2v) is 2.59. The lowest BCUT2D eigenvalue weighted by Crippen LogP contribution is -2.42. The van der Waals surface area contributed by atoms with E-state index in [4.69, 9.17) is 4.42 Å². The fourth-order valence-electron chi connectivity index (χ4n) is 1.02. The van der Waals surface area contributed by atoms with Crippen molar-refractivity contribution in [3.05, 3.63) is 30.5 Å². The number of carbonyl (C=O) groups is 2. The van der Waals surface area contributed by atoms with E-state index in [0.717, 1.165) is 5.01 Å². The Morgan fingerprint density at radius 3 is 2.94 bits per heavy atom. The first kappa shape index (κ1) is 9.90. The lowest BCUT2D eigenvalue weighted by molar-refractivity contribution is -0.109. The first-order valence-electron chi connectivity index (χ1n) is 4.17. The normalized spacial score (nSPS) is 9.75. The van der Waals surface area contributed by atoms with Crippen LogP contribution < -0.4 is 10.4 Å². The minimum absolute atomic E-state index is 0.0209. The van der Waals surface area contributed by atoms with Crippen LogP contribution in [0.5, 0.6) is 0 Å². The number of amides is 2. The third-order valence-electron chi connectivity index (χ3n) is 1.65. The summed E-state index contributed by atoms with van der Waals surface area (Å²) >= 11 is 0. The number of hydrogen-bond acceptors (Lipinski definition) is 6. The third-order valence-corrected chi connectivity index (χ3v) is 1.65. The van der Waals surface area contributed by atoms with Gasteiger partial charge in [0, 0.05) is 6.07 Å². The van der Waals surface area contributed by atoms with Crippen LogP contribution in [0, 0.1) is 0 Å². The van der Waals surface area contributed by atoms with Gasteiger partial charge in [-0.25, -0.2) is 4.98 Å². The largest absolute Gasteiger partial charge is 0.431 e. The van der Waals surface area contributed by atoms with Gasteiger partial charge in [0.1, 0.15) is 12.5 Å². The van der Waals surface area contributed by atoms with E-state index in [1.165, 1.54) is 24.8 Å². The average molecular weight is 222 g/mol. The summed E-state index contributed by atoms with van der Waals surface area (Å²) in [4.78, 5) is 25.9. The van der Waals surface area contributed by atoms with Gasteiger partial charge in [-0.3, -0.25) is 15.0 Å². The fourth-order valence-corrected chi connectivity index (χ4v) is 1.02. The SMILES string of the molecule is O=CNN(C(=O)c1ccon1)c1ncco1. The zero-order chi connectivity index (χ0) is 11.4. The molecule has 8 heteroatoms. The molecule has 0 aliphatic rings. The van der Waals surface area contributed by atoms with Crippen molar-refractivity contribution in [2.75, 3.05) is 5.01 Å². The van der Waals surface area contributed by atoms with Crippen molar-refractivity contribution in [1.82, 2.24) is 15.6 Å². The summed E-state index contributed by atoms with van der Waals surface area (Å²) in [6.07, 6.45) is 4.17. The molecule has 2 heterocycles. The molecule has 2 amide bonds. The van der Waals surface area contributed by atoms with Gasteiger partial charge in [-0.1, -0.05) is 5.16 Å². The molecule has 0 bridgehead atoms. The Labute approximate surface area is 88.8 Å². The number of aromatic nitrogens is 2. The smallest absolute Gasteiger partial charge is 0.324 e. The van der Waals surface area contributed by atoms with Crippen LogP contribution >= 0.6 is 0 Å². The topological polar surface area (TPSA) is 101 Å². The van der Waals surface area contributed by atoms with E-state index in [1.807, 2.05) is 0 Å². The molecule has 0 aromatic carbocycles. The third kappa shape index (κ3) is 1.75. The highest BCUT2D eigenvalue weighted by atomic mass is 16.5. The second-order valence-electron chi connectivity index (χ2n) is 2.59. The maximum atomic E-state index is 11.8. The van der Waals surface area contributed by atoms with Gasteiger partial charge in [0.15, 0.2) is 5.69 Å². The van der Waals surface area contributed by atoms with Crippen LogP contribution in [-0.2, 0) is 4.79 Å². The van der Waals surface area contributed by atoms with Crippen LogP contribution in [0.3, 0.4) is 0 Å². The molecule has 0 fully saturated rings. The minimum Gasteiger partial charge on any atom is -0.431 e. The summed E-state index contributed by atoms with van der Waals surface area (Å²) in [6, 6.07) is 1.28. The monoisotopic (exact) mass is 222 g/mol. The number of nitrogens with zero attached hydrogens (tertiary/aromatic N) is 3. The van der Waals surface area contributed by atoms with Crippen LogP contribution in [-0.4, -0.2) is 22.5 Å². The summed E-state index contributed by atoms with van der Waals surface area (Å²) < 4.78 is 9.40. The number of hydrazine groups is 1. The first-order chi connectivity index (χ1) is 7.83. The number of nitrogens with one attached hydrogen (secondary N) is 1. The molecule has 0 atom stereocenters. The van der Waals surface area contributed by atoms with Crippen molar-refractivity contribution < 1.29 is 18.5 Å². The quantitative estimate of drug-likeness (QED) is 0.575. The number of rotatable bonds is 4. The zero-order valence-electron chi connectivity index (χ0n) is 7.86. The van der Waals surface area contributed by atoms with Gasteiger partial charge in [0.25, 0.3) is 0 Å². The predicted molar refractivity (Wildman–Crippen MR) is 49.0 cm³/mol. The molecule has 0 aliphatic carbocycles. The molecule has 0 radical (unpaired) electrons. The van der Waals surface area contributed by atoms with Crippen LogP contribution in [0.4, 0.5) is 6.01 Å². The standard InChI is InChI=1S/C8H6N4O4/c13-5-10-12(8-9-2-4-15-8)7(14)6-1-3-16-11-6/h1-5H,(H,10,13). The average Bonchev–Trinajstić information content (AvgIpc) is 2.96. The Morgan fingerprint density at radius 2 is 2.38 bits per heavy atom. The second kappa shape index (κ2) is 4.26. The minimum atomic E-state index is -0.622. The van der Waals surface area contributed by atoms with E-state index >= 15 is 0 Å². The molecule has 0 aliphatic heterocycles. The summed E-state index contributed by atoms with van der Waals surface area (Å²) in [5, 5.41) is 4.25. The van der Waals surface area contributed by atoms with E-state index in [1.54, 1.807) is 0 Å². The van der Waals surface area contributed by atoms with Crippen molar-refractivity contribution in [2.24, 2.45) is 0 Å². The molecule has 1 N–H and O–H groups in total. The van der Waals surface area contributed by atoms with Crippen LogP contribution in [0.15, 0.2) is 33.7 Å². The maximum Gasteiger partial charge on any atom is 0.324 e. The van der Waals surface area contributed by atoms with Gasteiger partial charge in [-0.15, -0.1) is 0 Å². The Morgan fingerprint density at radius 1 is 1.50 bits per heavy atom. The highest BCUT2D eigenvalue weighted by molar-refractivity contribution is 6.03. The number of carbonyl (C=O) groups excluding carboxylic acids is 2. The Kier molecular flexibility index (Phi) is 2.63. The Bertz CT molecular complexity index is 464. The molecule has 0 spiro atoms. The van der Waals surface area contributed by atoms with Crippen LogP contribution in [0.25, 0.3) is 0 Å². The summed E-state index contributed by atoms with van der Waals surface area (Å²) in [5.41, 5.74) is 2.16. The zero-order valence-corrected chi connectivity index (χ0v) is 7.86. The Balaban J connectivity index is 2.27. The molecule has 0 unspecified atom stereocenters. The molecule has 82 valence electrons. The van der Waals surface area contributed by atoms with Crippen molar-refractivity contribution in [2.45, 2.75) is 0 Å². The van der Waals surface area contributed by atoms with E-state index in [-0.39, 0.29) is 11.7 Å². The van der Waals surface area contributed by atoms with Crippen molar-refractivity contribution in [3.63, 3.8) is 0 Å². The van der Waals surface area contributed by atoms with Crippen molar-refractivity contribution >= 4 is 18.3 Å². The van der Waals surface area contributed by atoms with Gasteiger partial charge in [-0.05, 0) is 0 Å². The van der Waals surface area contributed by atoms with E-state index in [0.29, 0.717) is 6.41 Å². The number of hydrogen-bond donors (Lipinski definition) is 1. The van der Waals surface area contributed by atoms with Gasteiger partial charge in [-0.2, -0.15) is 5.01 Å². The Hall–Kier alpha value is -2.64. The van der Waals surface area contributed by atoms with E-state index < -0.39 is 5.91 Å². The van der Waals surface area contributed by atoms with Gasteiger partial charge >= 0.3 is 11.9 Å². The number of oxazole rings is 1. The summed E-state index contributed by atoms with van der Waals surface area (Å²) in [7, 11) is 0. The van der Waals surface area contributed by atoms with E-state index in [9.17, 15) is 9.59 Å². The molecule has 2 aromatic heterocycles. The number of anilines is 1. The van der Waals surface area contributed by atoms with Crippen molar-refractivity contribution in [1.29, 1.82) is 0 Å². The molecule has 0 saturated carbocycles. The maximum absolute atomic E-state index is 11.8. The van der Waals surface area contributed by atoms with Gasteiger partial charge in [0.2, 0.25) is 6.41 Å². The molecule has 16 heavy (non-hydrogen) atoms. The fraction of sp³-hybridized carbons (Fsp3) is 0. The molecule has 2 aromatic rings. The summed E-state index contributed by atoms with van der Waals surface area (Å²) in [5.74, 6) is -0.622. The van der Waals surface area contributed by atoms with Crippen molar-refractivity contribution in [3.8, 4) is 0 Å². The molecule has 2 rings (SSSR count). The van der Waals surface area contributed by atoms with E-state index in [2.05, 4.69) is 20.1 Å². The predicted octanol–water partition coefficient (Wildman–Crippen LogP) is -0.0296. The lowest BCUT2D eigenvalue weighted by Gasteiger charge is -2.14. The van der Waals surface area contributed by atoms with Gasteiger partial charge in [0.05, 0.1) is 6.20 Å².